The lowest BCUT2D eigenvalue weighted by molar-refractivity contribution is -0.289. The highest BCUT2D eigenvalue weighted by Gasteiger charge is 2.53. The molecule has 1 aliphatic rings. The Morgan fingerprint density at radius 3 is 1.69 bits per heavy atom. The van der Waals surface area contributed by atoms with Crippen LogP contribution in [0.15, 0.2) is 64.8 Å². The van der Waals surface area contributed by atoms with Crippen LogP contribution in [0.2, 0.25) is 0 Å². The van der Waals surface area contributed by atoms with E-state index in [0.717, 1.165) is 0 Å². The van der Waals surface area contributed by atoms with Crippen LogP contribution in [0, 0.1) is 0 Å². The van der Waals surface area contributed by atoms with Gasteiger partial charge in [-0.3, -0.25) is 19.2 Å². The minimum Gasteiger partial charge on any atom is -0.463 e. The van der Waals surface area contributed by atoms with Gasteiger partial charge in [0.05, 0.1) is 11.4 Å². The van der Waals surface area contributed by atoms with E-state index >= 15 is 0 Å². The van der Waals surface area contributed by atoms with Gasteiger partial charge < -0.3 is 28.4 Å². The lowest BCUT2D eigenvalue weighted by Crippen LogP contribution is -2.63. The number of rotatable bonds is 13. The molecule has 0 aliphatic carbocycles. The molecule has 1 heterocycles. The third-order valence-corrected chi connectivity index (χ3v) is 6.08. The van der Waals surface area contributed by atoms with Gasteiger partial charge in [-0.15, -0.1) is 0 Å². The minimum atomic E-state index is -1.33. The Balaban J connectivity index is 1.93. The Hall–Kier alpha value is -4.32. The second-order valence-electron chi connectivity index (χ2n) is 9.15. The zero-order chi connectivity index (χ0) is 30.5. The van der Waals surface area contributed by atoms with Gasteiger partial charge >= 0.3 is 23.9 Å². The van der Waals surface area contributed by atoms with Gasteiger partial charge in [-0.25, -0.2) is 0 Å². The predicted octanol–water partition coefficient (Wildman–Crippen LogP) is 5.12. The molecule has 1 aliphatic heterocycles. The van der Waals surface area contributed by atoms with Gasteiger partial charge in [-0.1, -0.05) is 45.9 Å². The molecule has 1 fully saturated rings. The molecule has 0 saturated carbocycles. The first-order valence-electron chi connectivity index (χ1n) is 13.9. The number of ether oxygens (including phenoxy) is 6. The highest BCUT2D eigenvalue weighted by Crippen LogP contribution is 2.32. The van der Waals surface area contributed by atoms with Crippen molar-refractivity contribution in [3.8, 4) is 5.75 Å². The smallest absolute Gasteiger partial charge is 0.306 e. The summed E-state index contributed by atoms with van der Waals surface area (Å²) in [5.41, 5.74) is 1.24. The first kappa shape index (κ1) is 32.2. The fourth-order valence-electron chi connectivity index (χ4n) is 3.83. The van der Waals surface area contributed by atoms with Gasteiger partial charge in [0.1, 0.15) is 18.5 Å². The summed E-state index contributed by atoms with van der Waals surface area (Å²) in [7, 11) is 0. The molecule has 3 rings (SSSR count). The molecule has 0 radical (unpaired) electrons. The van der Waals surface area contributed by atoms with Crippen LogP contribution in [0.5, 0.6) is 5.75 Å². The average molecular weight is 585 g/mol. The summed E-state index contributed by atoms with van der Waals surface area (Å²) in [4.78, 5) is 49.3. The quantitative estimate of drug-likeness (QED) is 0.176. The SMILES string of the molecule is CCC(=O)OC[C@@H]1O[C@@H](Oc2ccc(N=Nc3ccccc3)cc2)[C@@H](OC(=O)CC)[C@@H](OC(=O)CC)[C@H]1OC(=O)CC. The summed E-state index contributed by atoms with van der Waals surface area (Å²) in [6.07, 6.45) is -6.20. The molecule has 42 heavy (non-hydrogen) atoms. The first-order valence-corrected chi connectivity index (χ1v) is 13.9. The molecule has 0 spiro atoms. The summed E-state index contributed by atoms with van der Waals surface area (Å²) < 4.78 is 34.4. The van der Waals surface area contributed by atoms with E-state index in [-0.39, 0.29) is 32.3 Å². The average Bonchev–Trinajstić information content (AvgIpc) is 3.02. The van der Waals surface area contributed by atoms with Crippen LogP contribution in [0.4, 0.5) is 11.4 Å². The monoisotopic (exact) mass is 584 g/mol. The summed E-state index contributed by atoms with van der Waals surface area (Å²) >= 11 is 0. The first-order chi connectivity index (χ1) is 20.3. The highest BCUT2D eigenvalue weighted by atomic mass is 16.7. The lowest BCUT2D eigenvalue weighted by atomic mass is 9.98. The second kappa shape index (κ2) is 16.2. The lowest BCUT2D eigenvalue weighted by Gasteiger charge is -2.44. The van der Waals surface area contributed by atoms with E-state index in [1.54, 1.807) is 52.0 Å². The van der Waals surface area contributed by atoms with Crippen molar-refractivity contribution in [2.45, 2.75) is 84.1 Å². The third kappa shape index (κ3) is 9.37. The van der Waals surface area contributed by atoms with E-state index in [4.69, 9.17) is 28.4 Å². The molecular weight excluding hydrogens is 548 g/mol. The number of azo groups is 1. The summed E-state index contributed by atoms with van der Waals surface area (Å²) in [6.45, 7) is 6.07. The van der Waals surface area contributed by atoms with Crippen molar-refractivity contribution in [1.82, 2.24) is 0 Å². The fraction of sp³-hybridized carbons (Fsp3) is 0.467. The maximum atomic E-state index is 12.5. The zero-order valence-electron chi connectivity index (χ0n) is 24.1. The fourth-order valence-corrected chi connectivity index (χ4v) is 3.83. The number of carbonyl (C=O) groups is 4. The number of hydrogen-bond acceptors (Lipinski definition) is 12. The van der Waals surface area contributed by atoms with E-state index in [2.05, 4.69) is 10.2 Å². The van der Waals surface area contributed by atoms with Crippen LogP contribution in [0.1, 0.15) is 53.4 Å². The number of benzene rings is 2. The van der Waals surface area contributed by atoms with Crippen molar-refractivity contribution >= 4 is 35.3 Å². The Bertz CT molecular complexity index is 1220. The summed E-state index contributed by atoms with van der Waals surface area (Å²) in [5.74, 6) is -2.08. The molecule has 0 aromatic heterocycles. The predicted molar refractivity (Wildman–Crippen MR) is 148 cm³/mol. The number of hydrogen-bond donors (Lipinski definition) is 0. The molecule has 12 heteroatoms. The number of esters is 4. The Morgan fingerprint density at radius 2 is 1.14 bits per heavy atom. The van der Waals surface area contributed by atoms with Crippen LogP contribution >= 0.6 is 0 Å². The maximum Gasteiger partial charge on any atom is 0.306 e. The van der Waals surface area contributed by atoms with Crippen LogP contribution < -0.4 is 4.74 Å². The van der Waals surface area contributed by atoms with Crippen LogP contribution in [-0.4, -0.2) is 61.2 Å². The molecule has 0 unspecified atom stereocenters. The normalized spacial score (nSPS) is 21.8. The third-order valence-electron chi connectivity index (χ3n) is 6.08. The van der Waals surface area contributed by atoms with E-state index < -0.39 is 54.6 Å². The largest absolute Gasteiger partial charge is 0.463 e. The Morgan fingerprint density at radius 1 is 0.643 bits per heavy atom. The van der Waals surface area contributed by atoms with Crippen LogP contribution in [0.25, 0.3) is 0 Å². The van der Waals surface area contributed by atoms with E-state index in [1.807, 2.05) is 30.3 Å². The minimum absolute atomic E-state index is 0.000251. The van der Waals surface area contributed by atoms with Crippen molar-refractivity contribution in [1.29, 1.82) is 0 Å². The summed E-state index contributed by atoms with van der Waals surface area (Å²) in [5, 5.41) is 8.39. The summed E-state index contributed by atoms with van der Waals surface area (Å²) in [6, 6.07) is 15.8. The van der Waals surface area contributed by atoms with Crippen LogP contribution in [-0.2, 0) is 42.9 Å². The molecular formula is C30H36N2O10. The van der Waals surface area contributed by atoms with Crippen molar-refractivity contribution in [2.75, 3.05) is 6.61 Å². The Kier molecular flexibility index (Phi) is 12.4. The second-order valence-corrected chi connectivity index (χ2v) is 9.15. The van der Waals surface area contributed by atoms with Crippen LogP contribution in [0.3, 0.4) is 0 Å². The molecule has 5 atom stereocenters. The van der Waals surface area contributed by atoms with E-state index in [1.165, 1.54) is 0 Å². The molecule has 2 aromatic carbocycles. The maximum absolute atomic E-state index is 12.5. The molecule has 2 aromatic rings. The highest BCUT2D eigenvalue weighted by molar-refractivity contribution is 5.71. The number of nitrogens with zero attached hydrogens (tertiary/aromatic N) is 2. The molecule has 0 N–H and O–H groups in total. The zero-order valence-corrected chi connectivity index (χ0v) is 24.1. The van der Waals surface area contributed by atoms with Gasteiger partial charge in [-0.2, -0.15) is 10.2 Å². The van der Waals surface area contributed by atoms with E-state index in [9.17, 15) is 19.2 Å². The molecule has 12 nitrogen and oxygen atoms in total. The van der Waals surface area contributed by atoms with Gasteiger partial charge in [0, 0.05) is 25.7 Å². The molecule has 1 saturated heterocycles. The topological polar surface area (TPSA) is 148 Å². The number of carbonyl (C=O) groups excluding carboxylic acids is 4. The van der Waals surface area contributed by atoms with Crippen molar-refractivity contribution in [2.24, 2.45) is 10.2 Å². The molecule has 0 bridgehead atoms. The van der Waals surface area contributed by atoms with E-state index in [0.29, 0.717) is 17.1 Å². The standard InChI is InChI=1S/C30H36N2O10/c1-5-23(33)37-18-22-27(40-24(34)6-2)28(41-25(35)7-3)29(42-26(36)8-4)30(39-22)38-21-16-14-20(15-17-21)32-31-19-12-10-9-11-13-19/h9-17,22,27-30H,5-8,18H2,1-4H3/t22-,27-,28-,29-,30+/m0/s1. The molecule has 0 amide bonds. The van der Waals surface area contributed by atoms with Crippen molar-refractivity contribution < 1.29 is 47.6 Å². The molecule has 226 valence electrons. The van der Waals surface area contributed by atoms with Gasteiger partial charge in [0.2, 0.25) is 12.4 Å². The van der Waals surface area contributed by atoms with Gasteiger partial charge in [0.25, 0.3) is 0 Å². The van der Waals surface area contributed by atoms with Gasteiger partial charge in [-0.05, 0) is 36.4 Å². The van der Waals surface area contributed by atoms with Crippen molar-refractivity contribution in [3.05, 3.63) is 54.6 Å². The van der Waals surface area contributed by atoms with Gasteiger partial charge in [0.15, 0.2) is 12.2 Å². The Labute approximate surface area is 244 Å². The van der Waals surface area contributed by atoms with Crippen molar-refractivity contribution in [3.63, 3.8) is 0 Å².